The van der Waals surface area contributed by atoms with Crippen LogP contribution in [-0.4, -0.2) is 57.7 Å². The van der Waals surface area contributed by atoms with Gasteiger partial charge in [0.1, 0.15) is 6.10 Å². The van der Waals surface area contributed by atoms with Crippen molar-refractivity contribution < 1.29 is 28.2 Å². The summed E-state index contributed by atoms with van der Waals surface area (Å²) >= 11 is 0. The largest absolute Gasteiger partial charge is 0.456 e. The van der Waals surface area contributed by atoms with Gasteiger partial charge in [-0.25, -0.2) is 0 Å². The summed E-state index contributed by atoms with van der Waals surface area (Å²) in [5.41, 5.74) is -0.752. The molecule has 0 saturated carbocycles. The molecule has 33 heavy (non-hydrogen) atoms. The highest BCUT2D eigenvalue weighted by Crippen LogP contribution is 2.46. The highest BCUT2D eigenvalue weighted by Gasteiger charge is 2.58. The summed E-state index contributed by atoms with van der Waals surface area (Å²) in [6.07, 6.45) is 1.13. The Labute approximate surface area is 202 Å². The first-order valence-corrected chi connectivity index (χ1v) is 15.2. The lowest BCUT2D eigenvalue weighted by Gasteiger charge is -2.48. The first-order valence-electron chi connectivity index (χ1n) is 12.3. The van der Waals surface area contributed by atoms with Gasteiger partial charge in [-0.15, -0.1) is 6.58 Å². The Bertz CT molecular complexity index is 710. The van der Waals surface area contributed by atoms with Gasteiger partial charge < -0.3 is 23.4 Å². The number of methoxy groups -OCH3 is 1. The Balaban J connectivity index is 2.33. The molecule has 2 aliphatic heterocycles. The summed E-state index contributed by atoms with van der Waals surface area (Å²) in [6.45, 7) is 26.9. The number of hydrogen-bond donors (Lipinski definition) is 0. The maximum atomic E-state index is 12.9. The molecule has 6 nitrogen and oxygen atoms in total. The highest BCUT2D eigenvalue weighted by atomic mass is 28.4. The molecule has 7 atom stereocenters. The number of rotatable bonds is 8. The summed E-state index contributed by atoms with van der Waals surface area (Å²) in [6, 6.07) is 0. The van der Waals surface area contributed by atoms with Crippen molar-refractivity contribution in [2.24, 2.45) is 17.3 Å². The highest BCUT2D eigenvalue weighted by molar-refractivity contribution is 6.74. The van der Waals surface area contributed by atoms with Gasteiger partial charge in [0.05, 0.1) is 23.7 Å². The summed E-state index contributed by atoms with van der Waals surface area (Å²) in [5, 5.41) is 0.0121. The number of ether oxygens (including phenoxy) is 4. The van der Waals surface area contributed by atoms with Gasteiger partial charge in [0.15, 0.2) is 20.2 Å². The van der Waals surface area contributed by atoms with Crippen molar-refractivity contribution in [3.05, 3.63) is 12.7 Å². The van der Waals surface area contributed by atoms with Crippen LogP contribution < -0.4 is 0 Å². The summed E-state index contributed by atoms with van der Waals surface area (Å²) < 4.78 is 31.3. The fraction of sp³-hybridized carbons (Fsp3) is 0.885. The van der Waals surface area contributed by atoms with Gasteiger partial charge in [-0.05, 0) is 45.8 Å². The second kappa shape index (κ2) is 9.73. The van der Waals surface area contributed by atoms with E-state index in [1.165, 1.54) is 0 Å². The Hall–Kier alpha value is -0.733. The van der Waals surface area contributed by atoms with E-state index in [0.29, 0.717) is 6.42 Å². The molecule has 0 aromatic rings. The number of carbonyl (C=O) groups is 1. The van der Waals surface area contributed by atoms with Crippen LogP contribution in [0.1, 0.15) is 68.7 Å². The molecule has 192 valence electrons. The normalized spacial score (nSPS) is 33.9. The van der Waals surface area contributed by atoms with E-state index in [-0.39, 0.29) is 47.3 Å². The van der Waals surface area contributed by atoms with E-state index in [4.69, 9.17) is 23.4 Å². The van der Waals surface area contributed by atoms with Crippen molar-refractivity contribution >= 4 is 14.3 Å². The van der Waals surface area contributed by atoms with E-state index in [1.807, 2.05) is 33.8 Å². The van der Waals surface area contributed by atoms with Gasteiger partial charge in [0.25, 0.3) is 0 Å². The van der Waals surface area contributed by atoms with Crippen molar-refractivity contribution in [1.29, 1.82) is 0 Å². The second-order valence-corrected chi connectivity index (χ2v) is 17.2. The fourth-order valence-electron chi connectivity index (χ4n) is 4.57. The van der Waals surface area contributed by atoms with Crippen LogP contribution in [0.5, 0.6) is 0 Å². The molecule has 2 heterocycles. The van der Waals surface area contributed by atoms with Crippen LogP contribution in [0.2, 0.25) is 18.1 Å². The zero-order valence-corrected chi connectivity index (χ0v) is 24.0. The van der Waals surface area contributed by atoms with Crippen LogP contribution in [0.15, 0.2) is 12.7 Å². The maximum Gasteiger partial charge on any atom is 0.314 e. The molecule has 7 heteroatoms. The van der Waals surface area contributed by atoms with Crippen LogP contribution in [-0.2, 0) is 28.2 Å². The minimum Gasteiger partial charge on any atom is -0.456 e. The van der Waals surface area contributed by atoms with E-state index >= 15 is 0 Å². The van der Waals surface area contributed by atoms with Gasteiger partial charge in [-0.2, -0.15) is 0 Å². The molecular weight excluding hydrogens is 436 g/mol. The molecule has 0 amide bonds. The average Bonchev–Trinajstić information content (AvgIpc) is 2.89. The molecule has 0 aliphatic carbocycles. The van der Waals surface area contributed by atoms with Crippen molar-refractivity contribution in [3.8, 4) is 0 Å². The van der Waals surface area contributed by atoms with Crippen LogP contribution in [0.4, 0.5) is 0 Å². The third-order valence-electron chi connectivity index (χ3n) is 7.99. The molecular formula is C26H48O6Si. The molecule has 2 fully saturated rings. The predicted molar refractivity (Wildman–Crippen MR) is 133 cm³/mol. The zero-order valence-electron chi connectivity index (χ0n) is 23.0. The molecule has 0 spiro atoms. The van der Waals surface area contributed by atoms with Crippen LogP contribution in [0.3, 0.4) is 0 Å². The Kier molecular flexibility index (Phi) is 8.40. The topological polar surface area (TPSA) is 63.2 Å². The summed E-state index contributed by atoms with van der Waals surface area (Å²) in [5.74, 6) is -0.657. The maximum absolute atomic E-state index is 12.9. The molecule has 0 unspecified atom stereocenters. The first-order chi connectivity index (χ1) is 14.9. The van der Waals surface area contributed by atoms with Gasteiger partial charge in [0.2, 0.25) is 0 Å². The average molecular weight is 485 g/mol. The molecule has 2 rings (SSSR count). The van der Waals surface area contributed by atoms with E-state index in [9.17, 15) is 4.79 Å². The second-order valence-electron chi connectivity index (χ2n) is 12.5. The lowest BCUT2D eigenvalue weighted by Crippen LogP contribution is -2.55. The van der Waals surface area contributed by atoms with E-state index in [0.717, 1.165) is 0 Å². The predicted octanol–water partition coefficient (Wildman–Crippen LogP) is 5.71. The van der Waals surface area contributed by atoms with Gasteiger partial charge in [0, 0.05) is 25.4 Å². The van der Waals surface area contributed by atoms with Crippen molar-refractivity contribution in [2.45, 2.75) is 123 Å². The zero-order chi connectivity index (χ0) is 25.6. The monoisotopic (exact) mass is 484 g/mol. The molecule has 2 saturated heterocycles. The third-order valence-corrected chi connectivity index (χ3v) is 12.4. The molecule has 0 N–H and O–H groups in total. The number of hydrogen-bond acceptors (Lipinski definition) is 6. The van der Waals surface area contributed by atoms with Crippen LogP contribution >= 0.6 is 0 Å². The van der Waals surface area contributed by atoms with Gasteiger partial charge in [-0.3, -0.25) is 4.79 Å². The SMILES string of the molecule is C=C[C@H](C)[C@@H]1OC(C)(C)O[C@H](C[C@H](OC)[C@H]2OC(=O)C(C)(C)[C@H]2O[Si](C)(C)C(C)(C)C)[C@H]1C. The van der Waals surface area contributed by atoms with Crippen molar-refractivity contribution in [2.75, 3.05) is 7.11 Å². The Morgan fingerprint density at radius 2 is 1.73 bits per heavy atom. The summed E-state index contributed by atoms with van der Waals surface area (Å²) in [4.78, 5) is 12.9. The smallest absolute Gasteiger partial charge is 0.314 e. The van der Waals surface area contributed by atoms with Gasteiger partial charge >= 0.3 is 5.97 Å². The van der Waals surface area contributed by atoms with Crippen LogP contribution in [0.25, 0.3) is 0 Å². The number of esters is 1. The Morgan fingerprint density at radius 1 is 1.15 bits per heavy atom. The van der Waals surface area contributed by atoms with E-state index < -0.39 is 25.6 Å². The molecule has 2 aliphatic rings. The summed E-state index contributed by atoms with van der Waals surface area (Å²) in [7, 11) is -0.486. The molecule has 0 bridgehead atoms. The standard InChI is InChI=1S/C26H48O6Si/c1-14-16(2)20-17(3)18(30-26(9,10)31-20)15-19(28-11)21-22(25(7,8)23(27)29-21)32-33(12,13)24(4,5)6/h14,16-22H,1,15H2,2-13H3/t16-,17+,18+,19-,20-,21+,22-/m0/s1. The van der Waals surface area contributed by atoms with Crippen molar-refractivity contribution in [1.82, 2.24) is 0 Å². The van der Waals surface area contributed by atoms with Gasteiger partial charge in [-0.1, -0.05) is 40.7 Å². The minimum absolute atomic E-state index is 0.0121. The van der Waals surface area contributed by atoms with Crippen molar-refractivity contribution in [3.63, 3.8) is 0 Å². The minimum atomic E-state index is -2.16. The number of cyclic esters (lactones) is 1. The molecule has 0 aromatic carbocycles. The molecule has 0 aromatic heterocycles. The van der Waals surface area contributed by atoms with E-state index in [2.05, 4.69) is 54.3 Å². The first kappa shape index (κ1) is 28.5. The fourth-order valence-corrected chi connectivity index (χ4v) is 5.98. The quantitative estimate of drug-likeness (QED) is 0.250. The third kappa shape index (κ3) is 5.92. The number of carbonyl (C=O) groups excluding carboxylic acids is 1. The lowest BCUT2D eigenvalue weighted by molar-refractivity contribution is -0.328. The lowest BCUT2D eigenvalue weighted by atomic mass is 9.81. The van der Waals surface area contributed by atoms with E-state index in [1.54, 1.807) is 7.11 Å². The van der Waals surface area contributed by atoms with Crippen LogP contribution in [0, 0.1) is 17.3 Å². The molecule has 0 radical (unpaired) electrons. The Morgan fingerprint density at radius 3 is 2.21 bits per heavy atom.